The Morgan fingerprint density at radius 2 is 2.30 bits per heavy atom. The summed E-state index contributed by atoms with van der Waals surface area (Å²) < 4.78 is 13.5. The highest BCUT2D eigenvalue weighted by molar-refractivity contribution is 5.89. The van der Waals surface area contributed by atoms with Gasteiger partial charge in [0.2, 0.25) is 0 Å². The van der Waals surface area contributed by atoms with E-state index in [1.165, 1.54) is 18.6 Å². The van der Waals surface area contributed by atoms with Crippen molar-refractivity contribution in [2.75, 3.05) is 31.6 Å². The summed E-state index contributed by atoms with van der Waals surface area (Å²) in [6, 6.07) is 4.69. The summed E-state index contributed by atoms with van der Waals surface area (Å²) in [4.78, 5) is 10.9. The average molecular weight is 274 g/mol. The van der Waals surface area contributed by atoms with Gasteiger partial charge in [-0.3, -0.25) is 0 Å². The molecule has 4 nitrogen and oxygen atoms in total. The Balaban J connectivity index is 1.94. The highest BCUT2D eigenvalue weighted by Gasteiger charge is 2.22. The molecule has 1 aliphatic heterocycles. The van der Waals surface area contributed by atoms with E-state index >= 15 is 0 Å². The van der Waals surface area contributed by atoms with Gasteiger partial charge >= 0.3 is 0 Å². The summed E-state index contributed by atoms with van der Waals surface area (Å²) in [7, 11) is 1.98. The van der Waals surface area contributed by atoms with Crippen molar-refractivity contribution in [3.8, 4) is 0 Å². The molecule has 0 radical (unpaired) electrons. The van der Waals surface area contributed by atoms with Crippen molar-refractivity contribution in [2.24, 2.45) is 5.92 Å². The van der Waals surface area contributed by atoms with E-state index in [-0.39, 0.29) is 5.82 Å². The minimum absolute atomic E-state index is 0.239. The first-order chi connectivity index (χ1) is 9.78. The third-order valence-electron chi connectivity index (χ3n) is 3.89. The summed E-state index contributed by atoms with van der Waals surface area (Å²) >= 11 is 0. The summed E-state index contributed by atoms with van der Waals surface area (Å²) in [6.45, 7) is 2.94. The van der Waals surface area contributed by atoms with Crippen LogP contribution < -0.4 is 10.2 Å². The number of aromatic nitrogens is 2. The van der Waals surface area contributed by atoms with Crippen molar-refractivity contribution in [3.63, 3.8) is 0 Å². The van der Waals surface area contributed by atoms with E-state index in [2.05, 4.69) is 20.2 Å². The van der Waals surface area contributed by atoms with Crippen LogP contribution in [0.15, 0.2) is 24.5 Å². The van der Waals surface area contributed by atoms with Gasteiger partial charge in [0.1, 0.15) is 18.0 Å². The molecule has 106 valence electrons. The molecule has 1 N–H and O–H groups in total. The molecule has 2 heterocycles. The summed E-state index contributed by atoms with van der Waals surface area (Å²) in [5.74, 6) is 1.24. The van der Waals surface area contributed by atoms with Gasteiger partial charge in [0.05, 0.1) is 5.52 Å². The summed E-state index contributed by atoms with van der Waals surface area (Å²) in [5.41, 5.74) is 0.798. The Morgan fingerprint density at radius 3 is 3.15 bits per heavy atom. The number of fused-ring (bicyclic) bond motifs is 1. The van der Waals surface area contributed by atoms with Gasteiger partial charge in [0, 0.05) is 18.5 Å². The fourth-order valence-corrected chi connectivity index (χ4v) is 2.98. The van der Waals surface area contributed by atoms with Crippen molar-refractivity contribution in [3.05, 3.63) is 30.3 Å². The first-order valence-electron chi connectivity index (χ1n) is 7.07. The van der Waals surface area contributed by atoms with Crippen molar-refractivity contribution < 1.29 is 4.39 Å². The van der Waals surface area contributed by atoms with Crippen LogP contribution in [0.2, 0.25) is 0 Å². The van der Waals surface area contributed by atoms with Crippen LogP contribution in [0.1, 0.15) is 12.8 Å². The fraction of sp³-hybridized carbons (Fsp3) is 0.467. The van der Waals surface area contributed by atoms with E-state index in [0.717, 1.165) is 42.8 Å². The number of hydrogen-bond acceptors (Lipinski definition) is 4. The smallest absolute Gasteiger partial charge is 0.139 e. The van der Waals surface area contributed by atoms with Crippen molar-refractivity contribution in [2.45, 2.75) is 12.8 Å². The standard InChI is InChI=1S/C15H19FN4/c1-17-8-11-3-2-6-20(9-11)15-13-7-12(16)4-5-14(13)18-10-19-15/h4-5,7,10-11,17H,2-3,6,8-9H2,1H3. The molecule has 1 aliphatic rings. The molecular formula is C15H19FN4. The lowest BCUT2D eigenvalue weighted by Crippen LogP contribution is -2.39. The van der Waals surface area contributed by atoms with Crippen molar-refractivity contribution >= 4 is 16.7 Å². The Hall–Kier alpha value is -1.75. The number of nitrogens with zero attached hydrogens (tertiary/aromatic N) is 3. The Morgan fingerprint density at radius 1 is 1.40 bits per heavy atom. The number of piperidine rings is 1. The second-order valence-electron chi connectivity index (χ2n) is 5.37. The molecule has 5 heteroatoms. The molecule has 1 fully saturated rings. The lowest BCUT2D eigenvalue weighted by Gasteiger charge is -2.34. The van der Waals surface area contributed by atoms with E-state index in [1.807, 2.05) is 7.05 Å². The molecular weight excluding hydrogens is 255 g/mol. The molecule has 0 amide bonds. The van der Waals surface area contributed by atoms with Crippen LogP contribution in [0.3, 0.4) is 0 Å². The zero-order valence-electron chi connectivity index (χ0n) is 11.6. The minimum atomic E-state index is -0.239. The first kappa shape index (κ1) is 13.2. The van der Waals surface area contributed by atoms with E-state index in [0.29, 0.717) is 5.92 Å². The molecule has 3 rings (SSSR count). The van der Waals surface area contributed by atoms with Gasteiger partial charge in [0.15, 0.2) is 0 Å². The van der Waals surface area contributed by atoms with Gasteiger partial charge < -0.3 is 10.2 Å². The van der Waals surface area contributed by atoms with Crippen molar-refractivity contribution in [1.29, 1.82) is 0 Å². The Labute approximate surface area is 118 Å². The molecule has 1 unspecified atom stereocenters. The number of nitrogens with one attached hydrogen (secondary N) is 1. The monoisotopic (exact) mass is 274 g/mol. The summed E-state index contributed by atoms with van der Waals surface area (Å²) in [6.07, 6.45) is 3.94. The summed E-state index contributed by atoms with van der Waals surface area (Å²) in [5, 5.41) is 4.04. The lowest BCUT2D eigenvalue weighted by molar-refractivity contribution is 0.401. The second-order valence-corrected chi connectivity index (χ2v) is 5.37. The quantitative estimate of drug-likeness (QED) is 0.931. The molecule has 0 bridgehead atoms. The number of benzene rings is 1. The van der Waals surface area contributed by atoms with Crippen LogP contribution in [-0.4, -0.2) is 36.6 Å². The second kappa shape index (κ2) is 5.71. The van der Waals surface area contributed by atoms with E-state index in [9.17, 15) is 4.39 Å². The highest BCUT2D eigenvalue weighted by Crippen LogP contribution is 2.27. The van der Waals surface area contributed by atoms with E-state index in [1.54, 1.807) is 12.4 Å². The zero-order chi connectivity index (χ0) is 13.9. The van der Waals surface area contributed by atoms with Crippen LogP contribution in [0, 0.1) is 11.7 Å². The molecule has 0 saturated carbocycles. The largest absolute Gasteiger partial charge is 0.356 e. The third kappa shape index (κ3) is 2.58. The Bertz CT molecular complexity index is 599. The maximum Gasteiger partial charge on any atom is 0.139 e. The van der Waals surface area contributed by atoms with Crippen LogP contribution >= 0.6 is 0 Å². The van der Waals surface area contributed by atoms with E-state index in [4.69, 9.17) is 0 Å². The predicted molar refractivity (Wildman–Crippen MR) is 78.4 cm³/mol. The van der Waals surface area contributed by atoms with Gasteiger partial charge in [-0.2, -0.15) is 0 Å². The molecule has 0 aliphatic carbocycles. The van der Waals surface area contributed by atoms with Crippen LogP contribution in [0.25, 0.3) is 10.9 Å². The molecule has 1 aromatic carbocycles. The predicted octanol–water partition coefficient (Wildman–Crippen LogP) is 2.20. The normalized spacial score (nSPS) is 19.5. The number of rotatable bonds is 3. The van der Waals surface area contributed by atoms with Crippen LogP contribution in [-0.2, 0) is 0 Å². The fourth-order valence-electron chi connectivity index (χ4n) is 2.98. The topological polar surface area (TPSA) is 41.0 Å². The van der Waals surface area contributed by atoms with Gasteiger partial charge in [-0.05, 0) is 50.6 Å². The van der Waals surface area contributed by atoms with Crippen LogP contribution in [0.5, 0.6) is 0 Å². The number of hydrogen-bond donors (Lipinski definition) is 1. The molecule has 2 aromatic rings. The lowest BCUT2D eigenvalue weighted by atomic mass is 9.98. The van der Waals surface area contributed by atoms with Gasteiger partial charge in [-0.15, -0.1) is 0 Å². The SMILES string of the molecule is CNCC1CCCN(c2ncnc3ccc(F)cc23)C1. The van der Waals surface area contributed by atoms with Crippen LogP contribution in [0.4, 0.5) is 10.2 Å². The van der Waals surface area contributed by atoms with E-state index < -0.39 is 0 Å². The van der Waals surface area contributed by atoms with Gasteiger partial charge in [0.25, 0.3) is 0 Å². The maximum atomic E-state index is 13.5. The minimum Gasteiger partial charge on any atom is -0.356 e. The number of halogens is 1. The molecule has 1 saturated heterocycles. The molecule has 0 spiro atoms. The van der Waals surface area contributed by atoms with Crippen molar-refractivity contribution in [1.82, 2.24) is 15.3 Å². The molecule has 20 heavy (non-hydrogen) atoms. The first-order valence-corrected chi connectivity index (χ1v) is 7.07. The Kier molecular flexibility index (Phi) is 3.78. The third-order valence-corrected chi connectivity index (χ3v) is 3.89. The number of anilines is 1. The maximum absolute atomic E-state index is 13.5. The van der Waals surface area contributed by atoms with Gasteiger partial charge in [-0.1, -0.05) is 0 Å². The molecule has 1 aromatic heterocycles. The zero-order valence-corrected chi connectivity index (χ0v) is 11.6. The van der Waals surface area contributed by atoms with Gasteiger partial charge in [-0.25, -0.2) is 14.4 Å². The molecule has 1 atom stereocenters. The average Bonchev–Trinajstić information content (AvgIpc) is 2.47. The highest BCUT2D eigenvalue weighted by atomic mass is 19.1.